The Morgan fingerprint density at radius 3 is 2.71 bits per heavy atom. The first-order valence-corrected chi connectivity index (χ1v) is 10.2. The Balaban J connectivity index is 1.34. The molecule has 2 aliphatic heterocycles. The maximum atomic E-state index is 12.2. The van der Waals surface area contributed by atoms with E-state index in [9.17, 15) is 19.5 Å². The van der Waals surface area contributed by atoms with Gasteiger partial charge in [0.1, 0.15) is 0 Å². The standard InChI is InChI=1S/C20H21N3O4S/c24-15(16-2-1-9-28-16)5-7-21-19(26)20(27)22-14-10-12-3-4-17(25)23-8-6-13(11-14)18(12)23/h1-2,9-11,15,24H,3-8H2,(H,21,26)(H,22,27)/t15-/m0/s1. The first kappa shape index (κ1) is 18.6. The first-order valence-electron chi connectivity index (χ1n) is 9.30. The van der Waals surface area contributed by atoms with Crippen molar-refractivity contribution < 1.29 is 19.5 Å². The zero-order chi connectivity index (χ0) is 19.7. The van der Waals surface area contributed by atoms with E-state index in [0.717, 1.165) is 28.1 Å². The molecule has 0 spiro atoms. The Hall–Kier alpha value is -2.71. The van der Waals surface area contributed by atoms with Crippen LogP contribution in [-0.2, 0) is 27.2 Å². The molecule has 2 aliphatic rings. The molecule has 2 aromatic rings. The van der Waals surface area contributed by atoms with E-state index in [1.165, 1.54) is 11.3 Å². The van der Waals surface area contributed by atoms with Crippen molar-refractivity contribution >= 4 is 40.4 Å². The number of aliphatic hydroxyl groups is 1. The average molecular weight is 399 g/mol. The van der Waals surface area contributed by atoms with Crippen molar-refractivity contribution in [3.05, 3.63) is 45.6 Å². The van der Waals surface area contributed by atoms with Crippen LogP contribution in [0.25, 0.3) is 0 Å². The second kappa shape index (κ2) is 7.73. The maximum absolute atomic E-state index is 12.2. The summed E-state index contributed by atoms with van der Waals surface area (Å²) in [5.74, 6) is -1.32. The number of nitrogens with one attached hydrogen (secondary N) is 2. The predicted molar refractivity (Wildman–Crippen MR) is 106 cm³/mol. The lowest BCUT2D eigenvalue weighted by atomic mass is 9.98. The predicted octanol–water partition coefficient (Wildman–Crippen LogP) is 1.76. The Morgan fingerprint density at radius 2 is 1.96 bits per heavy atom. The fraction of sp³-hybridized carbons (Fsp3) is 0.350. The minimum Gasteiger partial charge on any atom is -0.388 e. The SMILES string of the molecule is O=C(NCC[C@H](O)c1cccs1)C(=O)Nc1cc2c3c(c1)CCN3C(=O)CC2. The molecule has 0 aliphatic carbocycles. The van der Waals surface area contributed by atoms with E-state index in [4.69, 9.17) is 0 Å². The summed E-state index contributed by atoms with van der Waals surface area (Å²) in [4.78, 5) is 38.9. The molecule has 0 unspecified atom stereocenters. The van der Waals surface area contributed by atoms with E-state index in [2.05, 4.69) is 10.6 Å². The molecule has 4 rings (SSSR count). The molecule has 1 aromatic heterocycles. The summed E-state index contributed by atoms with van der Waals surface area (Å²) in [7, 11) is 0. The Labute approximate surface area is 166 Å². The molecule has 0 saturated carbocycles. The molecular weight excluding hydrogens is 378 g/mol. The van der Waals surface area contributed by atoms with E-state index < -0.39 is 17.9 Å². The second-order valence-electron chi connectivity index (χ2n) is 6.97. The smallest absolute Gasteiger partial charge is 0.313 e. The van der Waals surface area contributed by atoms with Crippen LogP contribution in [0.1, 0.15) is 34.9 Å². The number of carbonyl (C=O) groups excluding carboxylic acids is 3. The van der Waals surface area contributed by atoms with Gasteiger partial charge in [0.15, 0.2) is 0 Å². The van der Waals surface area contributed by atoms with Crippen LogP contribution in [0.15, 0.2) is 29.6 Å². The zero-order valence-corrected chi connectivity index (χ0v) is 16.1. The van der Waals surface area contributed by atoms with Gasteiger partial charge in [-0.2, -0.15) is 0 Å². The third-order valence-electron chi connectivity index (χ3n) is 5.09. The number of carbonyl (C=O) groups is 3. The minimum atomic E-state index is -0.737. The van der Waals surface area contributed by atoms with Crippen LogP contribution in [0, 0.1) is 0 Å². The zero-order valence-electron chi connectivity index (χ0n) is 15.2. The topological polar surface area (TPSA) is 98.7 Å². The highest BCUT2D eigenvalue weighted by atomic mass is 32.1. The van der Waals surface area contributed by atoms with E-state index in [1.54, 1.807) is 0 Å². The lowest BCUT2D eigenvalue weighted by molar-refractivity contribution is -0.136. The number of hydrogen-bond donors (Lipinski definition) is 3. The van der Waals surface area contributed by atoms with Gasteiger partial charge in [0.05, 0.1) is 11.8 Å². The molecule has 146 valence electrons. The van der Waals surface area contributed by atoms with Gasteiger partial charge in [0.25, 0.3) is 0 Å². The number of benzene rings is 1. The molecule has 7 nitrogen and oxygen atoms in total. The Morgan fingerprint density at radius 1 is 1.18 bits per heavy atom. The van der Waals surface area contributed by atoms with Gasteiger partial charge in [0.2, 0.25) is 5.91 Å². The third-order valence-corrected chi connectivity index (χ3v) is 6.06. The highest BCUT2D eigenvalue weighted by Gasteiger charge is 2.31. The number of hydrogen-bond acceptors (Lipinski definition) is 5. The lowest BCUT2D eigenvalue weighted by Gasteiger charge is -2.25. The average Bonchev–Trinajstić information content (AvgIpc) is 3.35. The first-order chi connectivity index (χ1) is 13.5. The van der Waals surface area contributed by atoms with Gasteiger partial charge in [-0.15, -0.1) is 11.3 Å². The number of anilines is 2. The molecule has 3 N–H and O–H groups in total. The fourth-order valence-corrected chi connectivity index (χ4v) is 4.49. The van der Waals surface area contributed by atoms with Crippen LogP contribution in [0.4, 0.5) is 11.4 Å². The van der Waals surface area contributed by atoms with Crippen LogP contribution in [-0.4, -0.2) is 35.9 Å². The molecule has 0 fully saturated rings. The monoisotopic (exact) mass is 399 g/mol. The van der Waals surface area contributed by atoms with E-state index in [-0.39, 0.29) is 12.5 Å². The number of aliphatic hydroxyl groups excluding tert-OH is 1. The molecule has 3 heterocycles. The van der Waals surface area contributed by atoms with Crippen molar-refractivity contribution in [2.24, 2.45) is 0 Å². The molecule has 0 radical (unpaired) electrons. The van der Waals surface area contributed by atoms with Crippen molar-refractivity contribution in [3.63, 3.8) is 0 Å². The molecule has 0 bridgehead atoms. The van der Waals surface area contributed by atoms with Crippen LogP contribution < -0.4 is 15.5 Å². The van der Waals surface area contributed by atoms with Gasteiger partial charge in [-0.25, -0.2) is 0 Å². The lowest BCUT2D eigenvalue weighted by Crippen LogP contribution is -2.36. The van der Waals surface area contributed by atoms with Crippen molar-refractivity contribution in [3.8, 4) is 0 Å². The summed E-state index contributed by atoms with van der Waals surface area (Å²) in [6.45, 7) is 0.878. The normalized spacial score (nSPS) is 15.9. The number of thiophene rings is 1. The van der Waals surface area contributed by atoms with Crippen LogP contribution in [0.3, 0.4) is 0 Å². The van der Waals surface area contributed by atoms with Crippen molar-refractivity contribution in [1.29, 1.82) is 0 Å². The quantitative estimate of drug-likeness (QED) is 0.667. The Bertz CT molecular complexity index is 926. The molecule has 28 heavy (non-hydrogen) atoms. The molecule has 3 amide bonds. The van der Waals surface area contributed by atoms with Gasteiger partial charge < -0.3 is 20.6 Å². The van der Waals surface area contributed by atoms with E-state index in [1.807, 2.05) is 34.5 Å². The second-order valence-corrected chi connectivity index (χ2v) is 7.95. The summed E-state index contributed by atoms with van der Waals surface area (Å²) in [6, 6.07) is 7.37. The van der Waals surface area contributed by atoms with Crippen LogP contribution >= 0.6 is 11.3 Å². The molecule has 1 aromatic carbocycles. The maximum Gasteiger partial charge on any atom is 0.313 e. The highest BCUT2D eigenvalue weighted by molar-refractivity contribution is 7.10. The molecule has 0 saturated heterocycles. The van der Waals surface area contributed by atoms with Crippen LogP contribution in [0.2, 0.25) is 0 Å². The number of amides is 3. The fourth-order valence-electron chi connectivity index (χ4n) is 3.74. The van der Waals surface area contributed by atoms with Crippen LogP contribution in [0.5, 0.6) is 0 Å². The van der Waals surface area contributed by atoms with Gasteiger partial charge in [-0.3, -0.25) is 14.4 Å². The summed E-state index contributed by atoms with van der Waals surface area (Å²) >= 11 is 1.45. The highest BCUT2D eigenvalue weighted by Crippen LogP contribution is 2.38. The number of aryl methyl sites for hydroxylation is 1. The van der Waals surface area contributed by atoms with E-state index >= 15 is 0 Å². The van der Waals surface area contributed by atoms with Gasteiger partial charge in [0, 0.05) is 30.1 Å². The Kier molecular flexibility index (Phi) is 5.15. The molecule has 1 atom stereocenters. The minimum absolute atomic E-state index is 0.146. The molecule has 8 heteroatoms. The van der Waals surface area contributed by atoms with Gasteiger partial charge in [-0.1, -0.05) is 6.07 Å². The summed E-state index contributed by atoms with van der Waals surface area (Å²) < 4.78 is 0. The van der Waals surface area contributed by atoms with E-state index in [0.29, 0.717) is 31.5 Å². The van der Waals surface area contributed by atoms with Gasteiger partial charge in [-0.05, 0) is 54.0 Å². The largest absolute Gasteiger partial charge is 0.388 e. The number of nitrogens with zero attached hydrogens (tertiary/aromatic N) is 1. The van der Waals surface area contributed by atoms with Crippen molar-refractivity contribution in [1.82, 2.24) is 5.32 Å². The summed E-state index contributed by atoms with van der Waals surface area (Å²) in [6.07, 6.45) is 1.56. The summed E-state index contributed by atoms with van der Waals surface area (Å²) in [5.41, 5.74) is 3.61. The molecular formula is C20H21N3O4S. The van der Waals surface area contributed by atoms with Gasteiger partial charge >= 0.3 is 11.8 Å². The van der Waals surface area contributed by atoms with Crippen molar-refractivity contribution in [2.75, 3.05) is 23.3 Å². The summed E-state index contributed by atoms with van der Waals surface area (Å²) in [5, 5.41) is 17.1. The van der Waals surface area contributed by atoms with Crippen molar-refractivity contribution in [2.45, 2.75) is 31.8 Å². The number of rotatable bonds is 5. The third kappa shape index (κ3) is 3.65.